The van der Waals surface area contributed by atoms with E-state index in [0.29, 0.717) is 29.2 Å². The first-order valence-electron chi connectivity index (χ1n) is 8.96. The molecule has 2 aromatic carbocycles. The number of rotatable bonds is 6. The molecule has 28 heavy (non-hydrogen) atoms. The quantitative estimate of drug-likeness (QED) is 0.752. The molecule has 0 unspecified atom stereocenters. The van der Waals surface area contributed by atoms with Gasteiger partial charge in [-0.25, -0.2) is 8.42 Å². The van der Waals surface area contributed by atoms with Gasteiger partial charge in [0, 0.05) is 12.6 Å². The lowest BCUT2D eigenvalue weighted by atomic mass is 9.93. The molecular weight excluding hydrogens is 376 g/mol. The molecule has 0 aliphatic carbocycles. The Hall–Kier alpha value is -2.80. The zero-order valence-corrected chi connectivity index (χ0v) is 16.8. The van der Waals surface area contributed by atoms with E-state index in [1.54, 1.807) is 53.4 Å². The SMILES string of the molecule is C=CCN1C(=O)C(C)(C)COc2cc(NS(=O)(=O)Cc3ccccc3)ccc21. The van der Waals surface area contributed by atoms with E-state index in [1.807, 2.05) is 19.9 Å². The molecule has 1 heterocycles. The Balaban J connectivity index is 1.88. The highest BCUT2D eigenvalue weighted by Crippen LogP contribution is 2.38. The molecule has 0 saturated heterocycles. The molecule has 0 atom stereocenters. The molecule has 7 heteroatoms. The van der Waals surface area contributed by atoms with Crippen LogP contribution in [0.2, 0.25) is 0 Å². The Morgan fingerprint density at radius 3 is 2.61 bits per heavy atom. The van der Waals surface area contributed by atoms with E-state index < -0.39 is 15.4 Å². The molecule has 1 amide bonds. The van der Waals surface area contributed by atoms with Crippen LogP contribution in [0.1, 0.15) is 19.4 Å². The van der Waals surface area contributed by atoms with Gasteiger partial charge in [0.1, 0.15) is 12.4 Å². The van der Waals surface area contributed by atoms with Crippen LogP contribution in [0.5, 0.6) is 5.75 Å². The fraction of sp³-hybridized carbons (Fsp3) is 0.286. The van der Waals surface area contributed by atoms with E-state index in [1.165, 1.54) is 0 Å². The lowest BCUT2D eigenvalue weighted by Gasteiger charge is -2.27. The van der Waals surface area contributed by atoms with Crippen molar-refractivity contribution in [3.8, 4) is 5.75 Å². The standard InChI is InChI=1S/C21H24N2O4S/c1-4-12-23-18-11-10-17(13-19(18)27-15-21(2,3)20(23)24)22-28(25,26)14-16-8-6-5-7-9-16/h4-11,13,22H,1,12,14-15H2,2-3H3. The Bertz CT molecular complexity index is 985. The van der Waals surface area contributed by atoms with Crippen LogP contribution in [0.15, 0.2) is 61.2 Å². The number of hydrogen-bond donors (Lipinski definition) is 1. The lowest BCUT2D eigenvalue weighted by molar-refractivity contribution is -0.127. The average Bonchev–Trinajstić information content (AvgIpc) is 2.72. The van der Waals surface area contributed by atoms with Crippen LogP contribution in [0.3, 0.4) is 0 Å². The van der Waals surface area contributed by atoms with Crippen molar-refractivity contribution in [2.45, 2.75) is 19.6 Å². The molecule has 148 valence electrons. The Morgan fingerprint density at radius 1 is 1.21 bits per heavy atom. The van der Waals surface area contributed by atoms with Gasteiger partial charge in [-0.3, -0.25) is 9.52 Å². The van der Waals surface area contributed by atoms with Crippen molar-refractivity contribution in [1.29, 1.82) is 0 Å². The molecule has 0 saturated carbocycles. The maximum absolute atomic E-state index is 12.8. The number of fused-ring (bicyclic) bond motifs is 1. The summed E-state index contributed by atoms with van der Waals surface area (Å²) in [5.74, 6) is 0.268. The first kappa shape index (κ1) is 19.9. The zero-order valence-electron chi connectivity index (χ0n) is 16.0. The third-order valence-electron chi connectivity index (χ3n) is 4.45. The van der Waals surface area contributed by atoms with Gasteiger partial charge in [-0.05, 0) is 31.5 Å². The maximum Gasteiger partial charge on any atom is 0.236 e. The van der Waals surface area contributed by atoms with Crippen molar-refractivity contribution < 1.29 is 17.9 Å². The molecular formula is C21H24N2O4S. The van der Waals surface area contributed by atoms with Crippen molar-refractivity contribution in [3.63, 3.8) is 0 Å². The third kappa shape index (κ3) is 4.36. The van der Waals surface area contributed by atoms with Gasteiger partial charge in [-0.15, -0.1) is 6.58 Å². The number of carbonyl (C=O) groups excluding carboxylic acids is 1. The number of anilines is 2. The monoisotopic (exact) mass is 400 g/mol. The smallest absolute Gasteiger partial charge is 0.236 e. The Morgan fingerprint density at radius 2 is 1.93 bits per heavy atom. The highest BCUT2D eigenvalue weighted by Gasteiger charge is 2.37. The zero-order chi connectivity index (χ0) is 20.4. The minimum Gasteiger partial charge on any atom is -0.490 e. The van der Waals surface area contributed by atoms with Crippen LogP contribution in [0.4, 0.5) is 11.4 Å². The summed E-state index contributed by atoms with van der Waals surface area (Å²) in [7, 11) is -3.58. The van der Waals surface area contributed by atoms with Crippen molar-refractivity contribution in [3.05, 3.63) is 66.7 Å². The molecule has 1 N–H and O–H groups in total. The van der Waals surface area contributed by atoms with Gasteiger partial charge >= 0.3 is 0 Å². The summed E-state index contributed by atoms with van der Waals surface area (Å²) in [5.41, 5.74) is 0.988. The van der Waals surface area contributed by atoms with Crippen molar-refractivity contribution in [2.24, 2.45) is 5.41 Å². The fourth-order valence-corrected chi connectivity index (χ4v) is 4.22. The van der Waals surface area contributed by atoms with Crippen LogP contribution < -0.4 is 14.4 Å². The first-order chi connectivity index (χ1) is 13.2. The molecule has 0 aromatic heterocycles. The maximum atomic E-state index is 12.8. The molecule has 0 fully saturated rings. The van der Waals surface area contributed by atoms with Crippen molar-refractivity contribution in [1.82, 2.24) is 0 Å². The highest BCUT2D eigenvalue weighted by atomic mass is 32.2. The molecule has 1 aliphatic rings. The Kier molecular flexibility index (Phi) is 5.47. The number of benzene rings is 2. The second kappa shape index (κ2) is 7.67. The van der Waals surface area contributed by atoms with E-state index in [0.717, 1.165) is 0 Å². The summed E-state index contributed by atoms with van der Waals surface area (Å²) >= 11 is 0. The van der Waals surface area contributed by atoms with Crippen LogP contribution >= 0.6 is 0 Å². The van der Waals surface area contributed by atoms with Gasteiger partial charge in [-0.2, -0.15) is 0 Å². The summed E-state index contributed by atoms with van der Waals surface area (Å²) in [6.45, 7) is 7.91. The van der Waals surface area contributed by atoms with Gasteiger partial charge in [0.05, 0.1) is 22.5 Å². The topological polar surface area (TPSA) is 75.7 Å². The lowest BCUT2D eigenvalue weighted by Crippen LogP contribution is -2.42. The number of nitrogens with one attached hydrogen (secondary N) is 1. The number of ether oxygens (including phenoxy) is 1. The van der Waals surface area contributed by atoms with Crippen LogP contribution in [-0.2, 0) is 20.6 Å². The normalized spacial score (nSPS) is 15.9. The molecule has 3 rings (SSSR count). The van der Waals surface area contributed by atoms with E-state index >= 15 is 0 Å². The van der Waals surface area contributed by atoms with Gasteiger partial charge < -0.3 is 9.64 Å². The number of nitrogens with zero attached hydrogens (tertiary/aromatic N) is 1. The summed E-state index contributed by atoms with van der Waals surface area (Å²) in [5, 5.41) is 0. The number of hydrogen-bond acceptors (Lipinski definition) is 4. The first-order valence-corrected chi connectivity index (χ1v) is 10.6. The number of sulfonamides is 1. The number of amides is 1. The molecule has 0 bridgehead atoms. The largest absolute Gasteiger partial charge is 0.490 e. The minimum atomic E-state index is -3.58. The summed E-state index contributed by atoms with van der Waals surface area (Å²) in [6, 6.07) is 13.9. The predicted octanol–water partition coefficient (Wildman–Crippen LogP) is 3.57. The van der Waals surface area contributed by atoms with Gasteiger partial charge in [-0.1, -0.05) is 36.4 Å². The summed E-state index contributed by atoms with van der Waals surface area (Å²) in [6.07, 6.45) is 1.65. The second-order valence-corrected chi connectivity index (χ2v) is 9.13. The predicted molar refractivity (Wildman–Crippen MR) is 111 cm³/mol. The summed E-state index contributed by atoms with van der Waals surface area (Å²) < 4.78 is 33.4. The van der Waals surface area contributed by atoms with Gasteiger partial charge in [0.2, 0.25) is 15.9 Å². The van der Waals surface area contributed by atoms with Crippen LogP contribution in [-0.4, -0.2) is 27.5 Å². The van der Waals surface area contributed by atoms with Gasteiger partial charge in [0.15, 0.2) is 0 Å². The molecule has 0 spiro atoms. The van der Waals surface area contributed by atoms with Crippen LogP contribution in [0.25, 0.3) is 0 Å². The summed E-state index contributed by atoms with van der Waals surface area (Å²) in [4.78, 5) is 14.4. The van der Waals surface area contributed by atoms with Crippen LogP contribution in [0, 0.1) is 5.41 Å². The van der Waals surface area contributed by atoms with Gasteiger partial charge in [0.25, 0.3) is 0 Å². The van der Waals surface area contributed by atoms with E-state index in [-0.39, 0.29) is 18.3 Å². The average molecular weight is 401 g/mol. The fourth-order valence-electron chi connectivity index (χ4n) is 3.03. The second-order valence-electron chi connectivity index (χ2n) is 7.41. The molecule has 0 radical (unpaired) electrons. The van der Waals surface area contributed by atoms with Crippen molar-refractivity contribution >= 4 is 27.3 Å². The van der Waals surface area contributed by atoms with E-state index in [4.69, 9.17) is 4.74 Å². The Labute approximate surface area is 165 Å². The number of carbonyl (C=O) groups is 1. The molecule has 6 nitrogen and oxygen atoms in total. The third-order valence-corrected chi connectivity index (χ3v) is 5.71. The minimum absolute atomic E-state index is 0.0661. The molecule has 1 aliphatic heterocycles. The van der Waals surface area contributed by atoms with Crippen molar-refractivity contribution in [2.75, 3.05) is 22.8 Å². The van der Waals surface area contributed by atoms with E-state index in [2.05, 4.69) is 11.3 Å². The highest BCUT2D eigenvalue weighted by molar-refractivity contribution is 7.91. The molecule has 2 aromatic rings. The van der Waals surface area contributed by atoms with E-state index in [9.17, 15) is 13.2 Å².